The molecule has 15 heteroatoms. The van der Waals surface area contributed by atoms with Crippen molar-refractivity contribution in [3.05, 3.63) is 69.8 Å². The highest BCUT2D eigenvalue weighted by molar-refractivity contribution is 7.13. The lowest BCUT2D eigenvalue weighted by Crippen LogP contribution is -2.57. The molecule has 1 aliphatic heterocycles. The number of aromatic nitrogens is 1. The molecule has 0 bridgehead atoms. The zero-order valence-corrected chi connectivity index (χ0v) is 34.7. The van der Waals surface area contributed by atoms with Gasteiger partial charge in [-0.3, -0.25) is 19.2 Å². The van der Waals surface area contributed by atoms with Crippen molar-refractivity contribution < 1.29 is 29.0 Å². The van der Waals surface area contributed by atoms with Gasteiger partial charge in [-0.15, -0.1) is 23.7 Å². The summed E-state index contributed by atoms with van der Waals surface area (Å²) in [6.45, 7) is 9.69. The predicted molar refractivity (Wildman–Crippen MR) is 219 cm³/mol. The molecule has 0 saturated carbocycles. The molecule has 55 heavy (non-hydrogen) atoms. The molecule has 7 N–H and O–H groups in total. The SMILES string of the molecule is Cc1ncsc1-c1ccc([C@H](C)NC(=O)[C@@H]2C[C@@H](O)CN2C(=O)[C@@H](NC(=O)CCCCCc2ccc(Cl)c(OC[C@@H](N)CCC(N)=O)c2)C(C)(C)C)cc1.Cl. The number of rotatable bonds is 18. The van der Waals surface area contributed by atoms with Gasteiger partial charge in [-0.1, -0.05) is 69.1 Å². The van der Waals surface area contributed by atoms with Crippen LogP contribution in [0.4, 0.5) is 0 Å². The Kier molecular flexibility index (Phi) is 17.4. The Morgan fingerprint density at radius 3 is 2.42 bits per heavy atom. The van der Waals surface area contributed by atoms with Crippen molar-refractivity contribution in [3.63, 3.8) is 0 Å². The second-order valence-corrected chi connectivity index (χ2v) is 16.5. The molecular formula is C40H56Cl2N6O6S. The second-order valence-electron chi connectivity index (χ2n) is 15.3. The average molecular weight is 820 g/mol. The van der Waals surface area contributed by atoms with E-state index in [4.69, 9.17) is 27.8 Å². The van der Waals surface area contributed by atoms with E-state index in [0.717, 1.165) is 46.5 Å². The molecule has 12 nitrogen and oxygen atoms in total. The number of aryl methyl sites for hydroxylation is 2. The third kappa shape index (κ3) is 13.5. The molecule has 2 heterocycles. The fourth-order valence-corrected chi connectivity index (χ4v) is 7.45. The Morgan fingerprint density at radius 2 is 1.78 bits per heavy atom. The number of carbonyl (C=O) groups is 4. The van der Waals surface area contributed by atoms with E-state index in [2.05, 4.69) is 15.6 Å². The number of benzene rings is 2. The first-order valence-corrected chi connectivity index (χ1v) is 19.8. The predicted octanol–water partition coefficient (Wildman–Crippen LogP) is 5.64. The summed E-state index contributed by atoms with van der Waals surface area (Å²) in [5, 5.41) is 17.0. The van der Waals surface area contributed by atoms with Crippen molar-refractivity contribution >= 4 is 59.0 Å². The molecule has 4 amide bonds. The van der Waals surface area contributed by atoms with Gasteiger partial charge >= 0.3 is 0 Å². The first kappa shape index (κ1) is 45.6. The van der Waals surface area contributed by atoms with Crippen molar-refractivity contribution in [1.29, 1.82) is 0 Å². The Morgan fingerprint density at radius 1 is 1.07 bits per heavy atom. The number of primary amides is 1. The zero-order chi connectivity index (χ0) is 39.6. The van der Waals surface area contributed by atoms with E-state index in [0.29, 0.717) is 23.6 Å². The number of hydrogen-bond acceptors (Lipinski definition) is 9. The van der Waals surface area contributed by atoms with Gasteiger partial charge in [0.1, 0.15) is 24.4 Å². The van der Waals surface area contributed by atoms with Crippen LogP contribution >= 0.6 is 35.3 Å². The number of nitrogens with zero attached hydrogens (tertiary/aromatic N) is 2. The lowest BCUT2D eigenvalue weighted by molar-refractivity contribution is -0.144. The number of aliphatic hydroxyl groups excluding tert-OH is 1. The van der Waals surface area contributed by atoms with Gasteiger partial charge in [-0.05, 0) is 73.8 Å². The molecule has 2 aromatic carbocycles. The largest absolute Gasteiger partial charge is 0.490 e. The van der Waals surface area contributed by atoms with Crippen LogP contribution in [0.2, 0.25) is 5.02 Å². The molecule has 3 aromatic rings. The minimum atomic E-state index is -0.887. The monoisotopic (exact) mass is 818 g/mol. The van der Waals surface area contributed by atoms with Gasteiger partial charge in [-0.2, -0.15) is 0 Å². The highest BCUT2D eigenvalue weighted by atomic mass is 35.5. The van der Waals surface area contributed by atoms with Crippen molar-refractivity contribution in [1.82, 2.24) is 20.5 Å². The normalized spacial score (nSPS) is 17.1. The van der Waals surface area contributed by atoms with Gasteiger partial charge in [-0.25, -0.2) is 4.98 Å². The van der Waals surface area contributed by atoms with Crippen LogP contribution in [-0.4, -0.2) is 76.0 Å². The molecule has 0 radical (unpaired) electrons. The molecule has 1 aliphatic rings. The van der Waals surface area contributed by atoms with E-state index in [9.17, 15) is 24.3 Å². The summed E-state index contributed by atoms with van der Waals surface area (Å²) >= 11 is 7.89. The lowest BCUT2D eigenvalue weighted by atomic mass is 9.85. The van der Waals surface area contributed by atoms with Crippen molar-refractivity contribution in [2.45, 2.75) is 116 Å². The van der Waals surface area contributed by atoms with E-state index < -0.39 is 29.5 Å². The maximum absolute atomic E-state index is 14.0. The first-order valence-electron chi connectivity index (χ1n) is 18.6. The van der Waals surface area contributed by atoms with Crippen LogP contribution in [0.1, 0.15) is 95.5 Å². The minimum absolute atomic E-state index is 0. The Hall–Kier alpha value is -3.75. The van der Waals surface area contributed by atoms with Gasteiger partial charge < -0.3 is 36.8 Å². The number of unbranched alkanes of at least 4 members (excludes halogenated alkanes) is 2. The smallest absolute Gasteiger partial charge is 0.246 e. The summed E-state index contributed by atoms with van der Waals surface area (Å²) in [6, 6.07) is 11.1. The van der Waals surface area contributed by atoms with Gasteiger partial charge in [0.05, 0.1) is 33.3 Å². The molecule has 1 saturated heterocycles. The topological polar surface area (TPSA) is 190 Å². The van der Waals surface area contributed by atoms with Gasteiger partial charge in [0.15, 0.2) is 0 Å². The number of likely N-dealkylation sites (tertiary alicyclic amines) is 1. The van der Waals surface area contributed by atoms with Gasteiger partial charge in [0.2, 0.25) is 23.6 Å². The summed E-state index contributed by atoms with van der Waals surface area (Å²) in [5.74, 6) is -0.871. The third-order valence-electron chi connectivity index (χ3n) is 9.64. The van der Waals surface area contributed by atoms with Crippen LogP contribution in [0.15, 0.2) is 48.0 Å². The second kappa shape index (κ2) is 21.0. The summed E-state index contributed by atoms with van der Waals surface area (Å²) in [5.41, 5.74) is 16.3. The Balaban J connectivity index is 0.00000812. The van der Waals surface area contributed by atoms with Crippen molar-refractivity contribution in [2.75, 3.05) is 13.2 Å². The van der Waals surface area contributed by atoms with E-state index in [1.165, 1.54) is 4.90 Å². The van der Waals surface area contributed by atoms with Crippen LogP contribution in [0, 0.1) is 12.3 Å². The van der Waals surface area contributed by atoms with Crippen LogP contribution in [0.3, 0.4) is 0 Å². The number of amides is 4. The van der Waals surface area contributed by atoms with Crippen molar-refractivity contribution in [3.8, 4) is 16.2 Å². The van der Waals surface area contributed by atoms with Gasteiger partial charge in [0, 0.05) is 31.8 Å². The molecule has 1 aromatic heterocycles. The fourth-order valence-electron chi connectivity index (χ4n) is 6.46. The number of halogens is 2. The zero-order valence-electron chi connectivity index (χ0n) is 32.3. The van der Waals surface area contributed by atoms with Crippen LogP contribution < -0.4 is 26.8 Å². The number of hydrogen-bond donors (Lipinski definition) is 5. The highest BCUT2D eigenvalue weighted by Gasteiger charge is 2.44. The maximum atomic E-state index is 14.0. The van der Waals surface area contributed by atoms with E-state index in [1.54, 1.807) is 17.4 Å². The Bertz CT molecular complexity index is 1750. The molecular weight excluding hydrogens is 763 g/mol. The Labute approximate surface area is 339 Å². The summed E-state index contributed by atoms with van der Waals surface area (Å²) in [7, 11) is 0. The number of nitrogens with one attached hydrogen (secondary N) is 2. The molecule has 4 rings (SSSR count). The first-order chi connectivity index (χ1) is 25.5. The van der Waals surface area contributed by atoms with E-state index in [1.807, 2.05) is 76.5 Å². The number of carbonyl (C=O) groups excluding carboxylic acids is 4. The molecule has 0 unspecified atom stereocenters. The van der Waals surface area contributed by atoms with Crippen LogP contribution in [0.25, 0.3) is 10.4 Å². The number of aliphatic hydroxyl groups is 1. The maximum Gasteiger partial charge on any atom is 0.246 e. The minimum Gasteiger partial charge on any atom is -0.490 e. The molecule has 302 valence electrons. The molecule has 5 atom stereocenters. The lowest BCUT2D eigenvalue weighted by Gasteiger charge is -2.35. The van der Waals surface area contributed by atoms with E-state index in [-0.39, 0.29) is 74.6 Å². The van der Waals surface area contributed by atoms with Crippen LogP contribution in [0.5, 0.6) is 5.75 Å². The highest BCUT2D eigenvalue weighted by Crippen LogP contribution is 2.30. The quantitative estimate of drug-likeness (QED) is 0.102. The summed E-state index contributed by atoms with van der Waals surface area (Å²) in [6.07, 6.45) is 3.10. The third-order valence-corrected chi connectivity index (χ3v) is 10.9. The van der Waals surface area contributed by atoms with Gasteiger partial charge in [0.25, 0.3) is 0 Å². The average Bonchev–Trinajstić information content (AvgIpc) is 3.74. The molecule has 1 fully saturated rings. The number of nitrogens with two attached hydrogens (primary N) is 2. The standard InChI is InChI=1S/C40H55ClN6O6S.ClH/c1-24(27-12-14-28(15-13-27)36-25(2)44-23-54-36)45-38(51)32-20-30(48)21-47(32)39(52)37(40(3,4)5)46-35(50)10-8-6-7-9-26-11-17-31(41)33(19-26)53-22-29(42)16-18-34(43)49;/h11-15,17,19,23-24,29-30,32,37,48H,6-10,16,18,20-22,42H2,1-5H3,(H2,43,49)(H,45,51)(H,46,50);1H/t24-,29-,30+,32-,37+;/m0./s1. The van der Waals surface area contributed by atoms with Crippen LogP contribution in [-0.2, 0) is 25.6 Å². The van der Waals surface area contributed by atoms with E-state index >= 15 is 0 Å². The molecule has 0 aliphatic carbocycles. The number of thiazole rings is 1. The summed E-state index contributed by atoms with van der Waals surface area (Å²) in [4.78, 5) is 58.6. The molecule has 0 spiro atoms. The van der Waals surface area contributed by atoms with Crippen molar-refractivity contribution in [2.24, 2.45) is 16.9 Å². The number of ether oxygens (including phenoxy) is 1. The summed E-state index contributed by atoms with van der Waals surface area (Å²) < 4.78 is 5.80. The number of β-amino-alcohol motifs (C(OH)–C–C–N with tert-alkyl or cyclic N) is 1. The fraction of sp³-hybridized carbons (Fsp3) is 0.525.